The topological polar surface area (TPSA) is 61.9 Å². The van der Waals surface area contributed by atoms with E-state index in [0.717, 1.165) is 74.1 Å². The van der Waals surface area contributed by atoms with Crippen LogP contribution in [0, 0.1) is 13.8 Å². The fourth-order valence-electron chi connectivity index (χ4n) is 8.95. The molecular formula is C44H39BN2O6S. The maximum absolute atomic E-state index is 6.34. The summed E-state index contributed by atoms with van der Waals surface area (Å²) in [7, 11) is 0. The van der Waals surface area contributed by atoms with Gasteiger partial charge in [0.15, 0.2) is 34.5 Å². The van der Waals surface area contributed by atoms with E-state index in [4.69, 9.17) is 28.4 Å². The van der Waals surface area contributed by atoms with E-state index in [1.165, 1.54) is 37.0 Å². The second kappa shape index (κ2) is 11.5. The lowest BCUT2D eigenvalue weighted by Crippen LogP contribution is -2.60. The number of ether oxygens (including phenoxy) is 6. The maximum Gasteiger partial charge on any atom is 0.264 e. The minimum atomic E-state index is -0.0601. The molecule has 0 bridgehead atoms. The number of hydrogen-bond donors (Lipinski definition) is 0. The van der Waals surface area contributed by atoms with Gasteiger partial charge in [-0.1, -0.05) is 32.9 Å². The Balaban J connectivity index is 1.24. The zero-order chi connectivity index (χ0) is 36.5. The average molecular weight is 735 g/mol. The van der Waals surface area contributed by atoms with Gasteiger partial charge in [0.1, 0.15) is 39.6 Å². The average Bonchev–Trinajstić information content (AvgIpc) is 3.56. The summed E-state index contributed by atoms with van der Waals surface area (Å²) in [6.07, 6.45) is 0. The SMILES string of the molecule is Cc1cc2c(c(C)c1N1c3cccc4c3B(c3cc5c(cc3N4c3ccc4c(c3)OCCO4)OCCO5)c3sc4ccc(C(C)(C)C)cc4c31)OCCO2. The van der Waals surface area contributed by atoms with Crippen molar-refractivity contribution in [2.75, 3.05) is 49.4 Å². The first-order valence-corrected chi connectivity index (χ1v) is 19.6. The van der Waals surface area contributed by atoms with E-state index in [1.807, 2.05) is 17.4 Å². The van der Waals surface area contributed by atoms with Crippen molar-refractivity contribution in [1.29, 1.82) is 0 Å². The Labute approximate surface area is 318 Å². The van der Waals surface area contributed by atoms with Crippen LogP contribution in [0.25, 0.3) is 10.1 Å². The minimum Gasteiger partial charge on any atom is -0.486 e. The van der Waals surface area contributed by atoms with Gasteiger partial charge >= 0.3 is 0 Å². The predicted octanol–water partition coefficient (Wildman–Crippen LogP) is 8.21. The van der Waals surface area contributed by atoms with E-state index in [0.29, 0.717) is 39.6 Å². The lowest BCUT2D eigenvalue weighted by atomic mass is 9.36. The van der Waals surface area contributed by atoms with Crippen molar-refractivity contribution in [3.8, 4) is 34.5 Å². The lowest BCUT2D eigenvalue weighted by molar-refractivity contribution is 0.170. The monoisotopic (exact) mass is 734 g/mol. The standard InChI is InChI=1S/C44H39BN2O6S/c1-24-19-37-42(53-18-17-52-37)25(2)40(24)47-31-8-6-7-30-39(31)45(43-41(47)28-20-26(44(3,4)5)9-12-38(28)54-43)29-22-35-36(51-16-15-50-35)23-32(29)46(30)27-10-11-33-34(21-27)49-14-13-48-33/h6-12,19-23H,13-18H2,1-5H3. The molecule has 0 amide bonds. The van der Waals surface area contributed by atoms with Crippen LogP contribution in [-0.2, 0) is 5.41 Å². The van der Waals surface area contributed by atoms with Gasteiger partial charge in [-0.15, -0.1) is 11.3 Å². The number of fused-ring (bicyclic) bond motifs is 9. The normalized spacial score (nSPS) is 16.2. The first kappa shape index (κ1) is 32.0. The van der Waals surface area contributed by atoms with Gasteiger partial charge in [0.05, 0.1) is 17.1 Å². The quantitative estimate of drug-likeness (QED) is 0.165. The van der Waals surface area contributed by atoms with Gasteiger partial charge in [0.2, 0.25) is 0 Å². The highest BCUT2D eigenvalue weighted by Crippen LogP contribution is 2.53. The fraction of sp³-hybridized carbons (Fsp3) is 0.273. The largest absolute Gasteiger partial charge is 0.486 e. The molecule has 6 aromatic rings. The summed E-state index contributed by atoms with van der Waals surface area (Å²) >= 11 is 1.89. The highest BCUT2D eigenvalue weighted by atomic mass is 32.1. The summed E-state index contributed by atoms with van der Waals surface area (Å²) in [5, 5.41) is 1.25. The molecule has 5 aromatic carbocycles. The van der Waals surface area contributed by atoms with E-state index >= 15 is 0 Å². The molecule has 10 heteroatoms. The van der Waals surface area contributed by atoms with Crippen LogP contribution in [0.1, 0.15) is 37.5 Å². The fourth-order valence-corrected chi connectivity index (χ4v) is 10.2. The third-order valence-corrected chi connectivity index (χ3v) is 12.6. The van der Waals surface area contributed by atoms with Gasteiger partial charge in [0, 0.05) is 49.6 Å². The van der Waals surface area contributed by atoms with Gasteiger partial charge in [0.25, 0.3) is 6.71 Å². The lowest BCUT2D eigenvalue weighted by Gasteiger charge is -2.44. The van der Waals surface area contributed by atoms with Gasteiger partial charge in [-0.05, 0) is 89.8 Å². The van der Waals surface area contributed by atoms with E-state index in [2.05, 4.69) is 111 Å². The molecule has 0 saturated heterocycles. The highest BCUT2D eigenvalue weighted by Gasteiger charge is 2.47. The van der Waals surface area contributed by atoms with Crippen molar-refractivity contribution in [1.82, 2.24) is 0 Å². The Hall–Kier alpha value is -5.48. The number of thiophene rings is 1. The molecule has 0 atom stereocenters. The number of hydrogen-bond acceptors (Lipinski definition) is 9. The van der Waals surface area contributed by atoms with Gasteiger partial charge < -0.3 is 38.2 Å². The molecule has 6 heterocycles. The molecule has 11 rings (SSSR count). The van der Waals surface area contributed by atoms with Crippen molar-refractivity contribution in [2.45, 2.75) is 40.0 Å². The molecule has 0 radical (unpaired) electrons. The molecule has 0 aliphatic carbocycles. The smallest absolute Gasteiger partial charge is 0.264 e. The van der Waals surface area contributed by atoms with E-state index in [-0.39, 0.29) is 12.1 Å². The predicted molar refractivity (Wildman–Crippen MR) is 217 cm³/mol. The number of aryl methyl sites for hydroxylation is 1. The van der Waals surface area contributed by atoms with Crippen LogP contribution >= 0.6 is 11.3 Å². The Morgan fingerprint density at radius 2 is 1.28 bits per heavy atom. The van der Waals surface area contributed by atoms with Crippen LogP contribution < -0.4 is 53.9 Å². The molecule has 0 unspecified atom stereocenters. The molecule has 1 aromatic heterocycles. The Bertz CT molecular complexity index is 2580. The van der Waals surface area contributed by atoms with Crippen molar-refractivity contribution in [3.63, 3.8) is 0 Å². The molecule has 0 fully saturated rings. The highest BCUT2D eigenvalue weighted by molar-refractivity contribution is 7.33. The minimum absolute atomic E-state index is 0.0195. The first-order valence-electron chi connectivity index (χ1n) is 18.8. The van der Waals surface area contributed by atoms with Crippen molar-refractivity contribution >= 4 is 78.0 Å². The zero-order valence-corrected chi connectivity index (χ0v) is 31.8. The van der Waals surface area contributed by atoms with Gasteiger partial charge in [-0.3, -0.25) is 0 Å². The third kappa shape index (κ3) is 4.55. The summed E-state index contributed by atoms with van der Waals surface area (Å²) < 4.78 is 39.7. The number of benzene rings is 5. The molecule has 0 spiro atoms. The van der Waals surface area contributed by atoms with Crippen LogP contribution in [-0.4, -0.2) is 46.4 Å². The summed E-state index contributed by atoms with van der Waals surface area (Å²) in [6.45, 7) is 14.3. The Morgan fingerprint density at radius 1 is 0.611 bits per heavy atom. The molecule has 5 aliphatic heterocycles. The van der Waals surface area contributed by atoms with E-state index in [9.17, 15) is 0 Å². The molecule has 54 heavy (non-hydrogen) atoms. The Kier molecular flexibility index (Phi) is 6.82. The molecule has 0 N–H and O–H groups in total. The second-order valence-electron chi connectivity index (χ2n) is 15.7. The number of anilines is 6. The zero-order valence-electron chi connectivity index (χ0n) is 31.0. The van der Waals surface area contributed by atoms with Crippen LogP contribution in [0.5, 0.6) is 34.5 Å². The van der Waals surface area contributed by atoms with Crippen molar-refractivity contribution in [3.05, 3.63) is 89.5 Å². The van der Waals surface area contributed by atoms with E-state index < -0.39 is 0 Å². The third-order valence-electron chi connectivity index (χ3n) is 11.3. The number of rotatable bonds is 2. The molecule has 8 nitrogen and oxygen atoms in total. The summed E-state index contributed by atoms with van der Waals surface area (Å²) in [4.78, 5) is 4.88. The summed E-state index contributed by atoms with van der Waals surface area (Å²) in [5.74, 6) is 4.67. The first-order chi connectivity index (χ1) is 26.2. The molecular weight excluding hydrogens is 695 g/mol. The molecule has 0 saturated carbocycles. The van der Waals surface area contributed by atoms with E-state index in [1.54, 1.807) is 0 Å². The van der Waals surface area contributed by atoms with Crippen molar-refractivity contribution < 1.29 is 28.4 Å². The Morgan fingerprint density at radius 3 is 2.04 bits per heavy atom. The van der Waals surface area contributed by atoms with Gasteiger partial charge in [-0.25, -0.2) is 0 Å². The maximum atomic E-state index is 6.34. The van der Waals surface area contributed by atoms with Crippen LogP contribution in [0.3, 0.4) is 0 Å². The summed E-state index contributed by atoms with van der Waals surface area (Å²) in [5.41, 5.74) is 12.5. The second-order valence-corrected chi connectivity index (χ2v) is 16.7. The van der Waals surface area contributed by atoms with Gasteiger partial charge in [-0.2, -0.15) is 0 Å². The summed E-state index contributed by atoms with van der Waals surface area (Å²) in [6, 6.07) is 26.6. The van der Waals surface area contributed by atoms with Crippen LogP contribution in [0.15, 0.2) is 72.8 Å². The van der Waals surface area contributed by atoms with Crippen molar-refractivity contribution in [2.24, 2.45) is 0 Å². The molecule has 270 valence electrons. The number of nitrogens with zero attached hydrogens (tertiary/aromatic N) is 2. The van der Waals surface area contributed by atoms with Crippen LogP contribution in [0.2, 0.25) is 0 Å². The molecule has 5 aliphatic rings. The van der Waals surface area contributed by atoms with Crippen LogP contribution in [0.4, 0.5) is 34.1 Å².